The van der Waals surface area contributed by atoms with Crippen molar-refractivity contribution >= 4 is 59.9 Å². The first-order valence-electron chi connectivity index (χ1n) is 9.25. The first kappa shape index (κ1) is 21.3. The normalized spacial score (nSPS) is 11.6. The molecule has 29 heavy (non-hydrogen) atoms. The number of carbonyl (C=O) groups excluding carboxylic acids is 1. The van der Waals surface area contributed by atoms with Crippen LogP contribution >= 0.6 is 27.3 Å². The molecule has 0 aliphatic carbocycles. The number of benzene rings is 2. The second kappa shape index (κ2) is 9.37. The number of ether oxygens (including phenoxy) is 1. The molecule has 0 radical (unpaired) electrons. The molecule has 2 N–H and O–H groups in total. The number of hydrogen-bond donors (Lipinski definition) is 2. The Labute approximate surface area is 182 Å². The van der Waals surface area contributed by atoms with Gasteiger partial charge >= 0.3 is 0 Å². The zero-order valence-electron chi connectivity index (χ0n) is 16.8. The number of halogens is 1. The summed E-state index contributed by atoms with van der Waals surface area (Å²) in [7, 11) is 0. The zero-order chi connectivity index (χ0) is 21.0. The van der Waals surface area contributed by atoms with Crippen LogP contribution in [0, 0.1) is 13.8 Å². The highest BCUT2D eigenvalue weighted by Crippen LogP contribution is 2.35. The van der Waals surface area contributed by atoms with Crippen LogP contribution in [0.1, 0.15) is 31.4 Å². The number of thiazole rings is 1. The Morgan fingerprint density at radius 3 is 2.69 bits per heavy atom. The van der Waals surface area contributed by atoms with Crippen molar-refractivity contribution < 1.29 is 9.53 Å². The van der Waals surface area contributed by atoms with Gasteiger partial charge in [0.15, 0.2) is 6.61 Å². The monoisotopic (exact) mass is 474 g/mol. The first-order valence-corrected chi connectivity index (χ1v) is 10.9. The van der Waals surface area contributed by atoms with Crippen molar-refractivity contribution in [1.29, 1.82) is 0 Å². The molecule has 0 saturated heterocycles. The molecular formula is C21H23BrN4O2S. The number of hydrogen-bond acceptors (Lipinski definition) is 6. The highest BCUT2D eigenvalue weighted by molar-refractivity contribution is 9.10. The van der Waals surface area contributed by atoms with Gasteiger partial charge in [-0.25, -0.2) is 4.98 Å². The van der Waals surface area contributed by atoms with Crippen molar-refractivity contribution in [2.75, 3.05) is 17.3 Å². The number of aromatic nitrogens is 1. The third-order valence-electron chi connectivity index (χ3n) is 4.42. The van der Waals surface area contributed by atoms with E-state index in [1.165, 1.54) is 11.3 Å². The van der Waals surface area contributed by atoms with Crippen LogP contribution in [0.2, 0.25) is 0 Å². The predicted molar refractivity (Wildman–Crippen MR) is 124 cm³/mol. The van der Waals surface area contributed by atoms with Gasteiger partial charge in [-0.05, 0) is 68.7 Å². The molecule has 2 aromatic carbocycles. The van der Waals surface area contributed by atoms with Crippen molar-refractivity contribution in [1.82, 2.24) is 4.98 Å². The maximum atomic E-state index is 12.4. The largest absolute Gasteiger partial charge is 0.484 e. The number of nitrogens with zero attached hydrogens (tertiary/aromatic N) is 2. The Morgan fingerprint density at radius 1 is 1.28 bits per heavy atom. The van der Waals surface area contributed by atoms with Crippen LogP contribution < -0.4 is 15.5 Å². The summed E-state index contributed by atoms with van der Waals surface area (Å²) in [6, 6.07) is 9.35. The fourth-order valence-corrected chi connectivity index (χ4v) is 3.86. The van der Waals surface area contributed by atoms with Crippen molar-refractivity contribution in [3.05, 3.63) is 45.9 Å². The van der Waals surface area contributed by atoms with Crippen LogP contribution in [0.25, 0.3) is 10.2 Å². The molecule has 0 bridgehead atoms. The molecule has 3 rings (SSSR count). The van der Waals surface area contributed by atoms with Crippen molar-refractivity contribution in [3.8, 4) is 5.75 Å². The molecule has 152 valence electrons. The Kier molecular flexibility index (Phi) is 6.87. The van der Waals surface area contributed by atoms with Gasteiger partial charge in [-0.15, -0.1) is 0 Å². The van der Waals surface area contributed by atoms with Gasteiger partial charge in [0, 0.05) is 15.9 Å². The molecule has 0 fully saturated rings. The SMILES string of the molecule is CC/C(C)=N\Nc1nc2cc(C)c(NC(=O)COc3ccc(Br)cc3)c(C)c2s1. The molecule has 0 unspecified atom stereocenters. The third-order valence-corrected chi connectivity index (χ3v) is 6.04. The summed E-state index contributed by atoms with van der Waals surface area (Å²) in [5, 5.41) is 8.03. The Hall–Kier alpha value is -2.45. The van der Waals surface area contributed by atoms with E-state index in [0.29, 0.717) is 5.75 Å². The number of rotatable bonds is 7. The molecule has 0 saturated carbocycles. The van der Waals surface area contributed by atoms with Crippen LogP contribution in [0.4, 0.5) is 10.8 Å². The lowest BCUT2D eigenvalue weighted by Crippen LogP contribution is -2.21. The van der Waals surface area contributed by atoms with Crippen LogP contribution in [-0.2, 0) is 4.79 Å². The number of anilines is 2. The molecule has 1 heterocycles. The van der Waals surface area contributed by atoms with Gasteiger partial charge in [-0.3, -0.25) is 10.2 Å². The number of amides is 1. The smallest absolute Gasteiger partial charge is 0.262 e. The maximum absolute atomic E-state index is 12.4. The average Bonchev–Trinajstić information content (AvgIpc) is 3.11. The summed E-state index contributed by atoms with van der Waals surface area (Å²) in [5.74, 6) is 0.442. The van der Waals surface area contributed by atoms with Gasteiger partial charge in [0.2, 0.25) is 5.13 Å². The fraction of sp³-hybridized carbons (Fsp3) is 0.286. The Balaban J connectivity index is 1.74. The van der Waals surface area contributed by atoms with Crippen molar-refractivity contribution in [3.63, 3.8) is 0 Å². The van der Waals surface area contributed by atoms with E-state index in [2.05, 4.69) is 43.7 Å². The van der Waals surface area contributed by atoms with E-state index in [0.717, 1.165) is 48.8 Å². The van der Waals surface area contributed by atoms with E-state index in [9.17, 15) is 4.79 Å². The lowest BCUT2D eigenvalue weighted by molar-refractivity contribution is -0.118. The zero-order valence-corrected chi connectivity index (χ0v) is 19.2. The van der Waals surface area contributed by atoms with E-state index in [-0.39, 0.29) is 12.5 Å². The van der Waals surface area contributed by atoms with Crippen LogP contribution in [0.15, 0.2) is 39.9 Å². The molecular weight excluding hydrogens is 452 g/mol. The van der Waals surface area contributed by atoms with Crippen molar-refractivity contribution in [2.24, 2.45) is 5.10 Å². The standard InChI is InChI=1S/C21H23BrN4O2S/c1-5-13(3)25-26-21-23-17-10-12(2)19(14(4)20(17)29-21)24-18(27)11-28-16-8-6-15(22)7-9-16/h6-10H,5,11H2,1-4H3,(H,23,26)(H,24,27)/b25-13-. The topological polar surface area (TPSA) is 75.6 Å². The molecule has 6 nitrogen and oxygen atoms in total. The summed E-state index contributed by atoms with van der Waals surface area (Å²) < 4.78 is 7.54. The highest BCUT2D eigenvalue weighted by Gasteiger charge is 2.15. The van der Waals surface area contributed by atoms with Gasteiger partial charge in [0.25, 0.3) is 5.91 Å². The molecule has 0 aliphatic rings. The van der Waals surface area contributed by atoms with Gasteiger partial charge in [0.05, 0.1) is 10.2 Å². The van der Waals surface area contributed by atoms with Crippen LogP contribution in [-0.4, -0.2) is 23.2 Å². The predicted octanol–water partition coefficient (Wildman–Crippen LogP) is 5.89. The highest BCUT2D eigenvalue weighted by atomic mass is 79.9. The van der Waals surface area contributed by atoms with E-state index in [1.807, 2.05) is 51.1 Å². The average molecular weight is 475 g/mol. The third kappa shape index (κ3) is 5.33. The molecule has 0 atom stereocenters. The second-order valence-electron chi connectivity index (χ2n) is 6.66. The fourth-order valence-electron chi connectivity index (χ4n) is 2.70. The molecule has 8 heteroatoms. The second-order valence-corrected chi connectivity index (χ2v) is 8.58. The van der Waals surface area contributed by atoms with E-state index < -0.39 is 0 Å². The summed E-state index contributed by atoms with van der Waals surface area (Å²) >= 11 is 4.90. The van der Waals surface area contributed by atoms with Gasteiger partial charge in [-0.2, -0.15) is 5.10 Å². The molecule has 1 aromatic heterocycles. The van der Waals surface area contributed by atoms with E-state index in [1.54, 1.807) is 0 Å². The minimum absolute atomic E-state index is 0.0565. The minimum atomic E-state index is -0.204. The van der Waals surface area contributed by atoms with E-state index >= 15 is 0 Å². The van der Waals surface area contributed by atoms with Gasteiger partial charge < -0.3 is 10.1 Å². The van der Waals surface area contributed by atoms with Crippen LogP contribution in [0.3, 0.4) is 0 Å². The summed E-state index contributed by atoms with van der Waals surface area (Å²) in [6.07, 6.45) is 0.883. The lowest BCUT2D eigenvalue weighted by Gasteiger charge is -2.13. The van der Waals surface area contributed by atoms with Gasteiger partial charge in [0.1, 0.15) is 5.75 Å². The number of carbonyl (C=O) groups is 1. The number of fused-ring (bicyclic) bond motifs is 1. The quantitative estimate of drug-likeness (QED) is 0.330. The first-order chi connectivity index (χ1) is 13.9. The molecule has 0 spiro atoms. The summed E-state index contributed by atoms with van der Waals surface area (Å²) in [4.78, 5) is 17.0. The number of nitrogens with one attached hydrogen (secondary N) is 2. The lowest BCUT2D eigenvalue weighted by atomic mass is 10.1. The van der Waals surface area contributed by atoms with E-state index in [4.69, 9.17) is 4.74 Å². The van der Waals surface area contributed by atoms with Crippen LogP contribution in [0.5, 0.6) is 5.75 Å². The molecule has 1 amide bonds. The Bertz CT molecular complexity index is 1060. The van der Waals surface area contributed by atoms with Gasteiger partial charge in [-0.1, -0.05) is 34.2 Å². The maximum Gasteiger partial charge on any atom is 0.262 e. The number of aryl methyl sites for hydroxylation is 2. The Morgan fingerprint density at radius 2 is 2.00 bits per heavy atom. The minimum Gasteiger partial charge on any atom is -0.484 e. The number of hydrazone groups is 1. The molecule has 3 aromatic rings. The molecule has 0 aliphatic heterocycles. The summed E-state index contributed by atoms with van der Waals surface area (Å²) in [5.41, 5.74) is 7.66. The van der Waals surface area contributed by atoms with Crippen molar-refractivity contribution in [2.45, 2.75) is 34.1 Å². The summed E-state index contributed by atoms with van der Waals surface area (Å²) in [6.45, 7) is 7.92.